The molecular formula is C9H15N3OS. The van der Waals surface area contributed by atoms with E-state index in [1.165, 1.54) is 12.8 Å². The van der Waals surface area contributed by atoms with Crippen molar-refractivity contribution in [1.82, 2.24) is 15.5 Å². The van der Waals surface area contributed by atoms with E-state index >= 15 is 0 Å². The van der Waals surface area contributed by atoms with E-state index in [1.807, 2.05) is 6.26 Å². The van der Waals surface area contributed by atoms with Crippen LogP contribution in [0.15, 0.2) is 4.52 Å². The SMILES string of the molecule is CSCc1noc([C@H]2CCCCN2)n1. The lowest BCUT2D eigenvalue weighted by Gasteiger charge is -2.19. The smallest absolute Gasteiger partial charge is 0.243 e. The average Bonchev–Trinajstić information content (AvgIpc) is 2.68. The van der Waals surface area contributed by atoms with Gasteiger partial charge in [0.2, 0.25) is 5.89 Å². The zero-order valence-electron chi connectivity index (χ0n) is 8.32. The summed E-state index contributed by atoms with van der Waals surface area (Å²) >= 11 is 1.71. The van der Waals surface area contributed by atoms with Crippen LogP contribution in [-0.4, -0.2) is 22.9 Å². The molecule has 5 heteroatoms. The van der Waals surface area contributed by atoms with Crippen LogP contribution in [0.25, 0.3) is 0 Å². The fraction of sp³-hybridized carbons (Fsp3) is 0.778. The third kappa shape index (κ3) is 2.27. The molecule has 0 aromatic carbocycles. The standard InChI is InChI=1S/C9H15N3OS/c1-14-6-8-11-9(13-12-8)7-4-2-3-5-10-7/h7,10H,2-6H2,1H3/t7-/m1/s1. The molecule has 1 atom stereocenters. The number of aromatic nitrogens is 2. The Kier molecular flexibility index (Phi) is 3.42. The highest BCUT2D eigenvalue weighted by atomic mass is 32.2. The van der Waals surface area contributed by atoms with Gasteiger partial charge in [0.1, 0.15) is 0 Å². The van der Waals surface area contributed by atoms with Crippen molar-refractivity contribution in [3.8, 4) is 0 Å². The predicted molar refractivity (Wildman–Crippen MR) is 56.1 cm³/mol. The van der Waals surface area contributed by atoms with E-state index in [0.717, 1.165) is 30.4 Å². The molecule has 4 nitrogen and oxygen atoms in total. The topological polar surface area (TPSA) is 51.0 Å². The minimum atomic E-state index is 0.284. The van der Waals surface area contributed by atoms with Gasteiger partial charge in [0, 0.05) is 0 Å². The zero-order valence-corrected chi connectivity index (χ0v) is 9.14. The second-order valence-electron chi connectivity index (χ2n) is 3.48. The molecule has 0 saturated carbocycles. The number of hydrogen-bond donors (Lipinski definition) is 1. The number of nitrogens with one attached hydrogen (secondary N) is 1. The summed E-state index contributed by atoms with van der Waals surface area (Å²) in [6, 6.07) is 0.284. The number of thioether (sulfide) groups is 1. The van der Waals surface area contributed by atoms with Crippen molar-refractivity contribution in [2.75, 3.05) is 12.8 Å². The summed E-state index contributed by atoms with van der Waals surface area (Å²) < 4.78 is 5.22. The summed E-state index contributed by atoms with van der Waals surface area (Å²) in [7, 11) is 0. The first-order valence-electron chi connectivity index (χ1n) is 4.95. The maximum atomic E-state index is 5.22. The Balaban J connectivity index is 2.00. The summed E-state index contributed by atoms with van der Waals surface area (Å²) in [4.78, 5) is 4.36. The molecule has 1 fully saturated rings. The molecule has 1 N–H and O–H groups in total. The lowest BCUT2D eigenvalue weighted by molar-refractivity contribution is 0.296. The number of rotatable bonds is 3. The quantitative estimate of drug-likeness (QED) is 0.829. The summed E-state index contributed by atoms with van der Waals surface area (Å²) in [5.74, 6) is 2.39. The Bertz CT molecular complexity index is 283. The van der Waals surface area contributed by atoms with Crippen molar-refractivity contribution in [3.63, 3.8) is 0 Å². The fourth-order valence-corrected chi connectivity index (χ4v) is 2.03. The van der Waals surface area contributed by atoms with E-state index in [1.54, 1.807) is 11.8 Å². The molecule has 0 spiro atoms. The zero-order chi connectivity index (χ0) is 9.80. The van der Waals surface area contributed by atoms with Crippen LogP contribution in [-0.2, 0) is 5.75 Å². The van der Waals surface area contributed by atoms with Gasteiger partial charge in [-0.2, -0.15) is 16.7 Å². The molecule has 1 aliphatic rings. The van der Waals surface area contributed by atoms with E-state index in [0.29, 0.717) is 0 Å². The van der Waals surface area contributed by atoms with Crippen molar-refractivity contribution >= 4 is 11.8 Å². The molecule has 1 aliphatic heterocycles. The largest absolute Gasteiger partial charge is 0.338 e. The van der Waals surface area contributed by atoms with Gasteiger partial charge in [-0.15, -0.1) is 0 Å². The van der Waals surface area contributed by atoms with Gasteiger partial charge in [0.05, 0.1) is 11.8 Å². The van der Waals surface area contributed by atoms with Crippen LogP contribution in [0.4, 0.5) is 0 Å². The lowest BCUT2D eigenvalue weighted by atomic mass is 10.1. The van der Waals surface area contributed by atoms with Crippen molar-refractivity contribution in [3.05, 3.63) is 11.7 Å². The molecule has 0 bridgehead atoms. The van der Waals surface area contributed by atoms with Gasteiger partial charge in [-0.25, -0.2) is 0 Å². The first-order valence-corrected chi connectivity index (χ1v) is 6.34. The van der Waals surface area contributed by atoms with Crippen LogP contribution < -0.4 is 5.32 Å². The monoisotopic (exact) mass is 213 g/mol. The minimum absolute atomic E-state index is 0.284. The first-order chi connectivity index (χ1) is 6.90. The molecule has 2 heterocycles. The highest BCUT2D eigenvalue weighted by Crippen LogP contribution is 2.21. The maximum absolute atomic E-state index is 5.22. The van der Waals surface area contributed by atoms with Crippen molar-refractivity contribution in [2.45, 2.75) is 31.1 Å². The predicted octanol–water partition coefficient (Wildman–Crippen LogP) is 1.75. The Morgan fingerprint density at radius 2 is 2.50 bits per heavy atom. The molecule has 0 radical (unpaired) electrons. The Morgan fingerprint density at radius 3 is 3.21 bits per heavy atom. The molecule has 1 aromatic rings. The third-order valence-corrected chi connectivity index (χ3v) is 2.91. The Hall–Kier alpha value is -0.550. The first kappa shape index (κ1) is 9.98. The molecule has 0 aliphatic carbocycles. The fourth-order valence-electron chi connectivity index (χ4n) is 1.66. The molecule has 0 amide bonds. The summed E-state index contributed by atoms with van der Waals surface area (Å²) in [6.45, 7) is 1.06. The molecule has 78 valence electrons. The van der Waals surface area contributed by atoms with E-state index in [4.69, 9.17) is 4.52 Å². The highest BCUT2D eigenvalue weighted by Gasteiger charge is 2.20. The van der Waals surface area contributed by atoms with Gasteiger partial charge in [-0.1, -0.05) is 11.6 Å². The Labute approximate surface area is 87.8 Å². The van der Waals surface area contributed by atoms with Crippen LogP contribution in [0.2, 0.25) is 0 Å². The van der Waals surface area contributed by atoms with Gasteiger partial charge in [0.25, 0.3) is 0 Å². The molecule has 2 rings (SSSR count). The van der Waals surface area contributed by atoms with Gasteiger partial charge >= 0.3 is 0 Å². The van der Waals surface area contributed by atoms with Crippen LogP contribution in [0, 0.1) is 0 Å². The second kappa shape index (κ2) is 4.79. The molecule has 1 saturated heterocycles. The molecule has 0 unspecified atom stereocenters. The van der Waals surface area contributed by atoms with E-state index in [9.17, 15) is 0 Å². The van der Waals surface area contributed by atoms with Gasteiger partial charge in [0.15, 0.2) is 5.82 Å². The van der Waals surface area contributed by atoms with Crippen LogP contribution in [0.1, 0.15) is 37.0 Å². The maximum Gasteiger partial charge on any atom is 0.243 e. The van der Waals surface area contributed by atoms with E-state index < -0.39 is 0 Å². The minimum Gasteiger partial charge on any atom is -0.338 e. The average molecular weight is 213 g/mol. The van der Waals surface area contributed by atoms with Gasteiger partial charge in [-0.05, 0) is 25.6 Å². The molecule has 1 aromatic heterocycles. The van der Waals surface area contributed by atoms with Crippen LogP contribution in [0.3, 0.4) is 0 Å². The summed E-state index contributed by atoms with van der Waals surface area (Å²) in [5, 5.41) is 7.32. The van der Waals surface area contributed by atoms with Crippen molar-refractivity contribution in [2.24, 2.45) is 0 Å². The number of hydrogen-bond acceptors (Lipinski definition) is 5. The Morgan fingerprint density at radius 1 is 1.57 bits per heavy atom. The van der Waals surface area contributed by atoms with Crippen LogP contribution in [0.5, 0.6) is 0 Å². The lowest BCUT2D eigenvalue weighted by Crippen LogP contribution is -2.26. The van der Waals surface area contributed by atoms with Crippen molar-refractivity contribution in [1.29, 1.82) is 0 Å². The van der Waals surface area contributed by atoms with E-state index in [2.05, 4.69) is 15.5 Å². The number of nitrogens with zero attached hydrogens (tertiary/aromatic N) is 2. The van der Waals surface area contributed by atoms with Crippen molar-refractivity contribution < 1.29 is 4.52 Å². The summed E-state index contributed by atoms with van der Waals surface area (Å²) in [5.41, 5.74) is 0. The number of piperidine rings is 1. The highest BCUT2D eigenvalue weighted by molar-refractivity contribution is 7.97. The van der Waals surface area contributed by atoms with Gasteiger partial charge < -0.3 is 9.84 Å². The molecule has 14 heavy (non-hydrogen) atoms. The van der Waals surface area contributed by atoms with E-state index in [-0.39, 0.29) is 6.04 Å². The van der Waals surface area contributed by atoms with Crippen LogP contribution >= 0.6 is 11.8 Å². The molecular weight excluding hydrogens is 198 g/mol. The normalized spacial score (nSPS) is 22.5. The third-order valence-electron chi connectivity index (χ3n) is 2.37. The summed E-state index contributed by atoms with van der Waals surface area (Å²) in [6.07, 6.45) is 5.65. The van der Waals surface area contributed by atoms with Gasteiger partial charge in [-0.3, -0.25) is 0 Å². The second-order valence-corrected chi connectivity index (χ2v) is 4.35.